The Bertz CT molecular complexity index is 1180. The van der Waals surface area contributed by atoms with Gasteiger partial charge in [-0.1, -0.05) is 29.3 Å². The molecule has 0 aliphatic carbocycles. The zero-order chi connectivity index (χ0) is 27.4. The predicted molar refractivity (Wildman–Crippen MR) is 148 cm³/mol. The molecule has 4 rings (SSSR count). The molecule has 11 heteroatoms. The highest BCUT2D eigenvalue weighted by molar-refractivity contribution is 7.99. The highest BCUT2D eigenvalue weighted by Gasteiger charge is 2.33. The van der Waals surface area contributed by atoms with Crippen molar-refractivity contribution in [2.45, 2.75) is 25.3 Å². The summed E-state index contributed by atoms with van der Waals surface area (Å²) in [5, 5.41) is 0.851. The van der Waals surface area contributed by atoms with Crippen molar-refractivity contribution in [1.29, 1.82) is 0 Å². The fraction of sp³-hybridized carbons (Fsp3) is 0.481. The van der Waals surface area contributed by atoms with Gasteiger partial charge in [-0.05, 0) is 36.7 Å². The second-order valence-electron chi connectivity index (χ2n) is 9.76. The molecule has 2 heterocycles. The van der Waals surface area contributed by atoms with Gasteiger partial charge in [-0.3, -0.25) is 14.5 Å². The first-order valence-electron chi connectivity index (χ1n) is 12.5. The lowest BCUT2D eigenvalue weighted by atomic mass is 9.93. The van der Waals surface area contributed by atoms with Gasteiger partial charge in [0.15, 0.2) is 11.6 Å². The molecule has 6 nitrogen and oxygen atoms in total. The topological polar surface area (TPSA) is 53.1 Å². The number of hydrogen-bond acceptors (Lipinski definition) is 6. The molecular weight excluding hydrogens is 555 g/mol. The molecule has 0 saturated carbocycles. The number of carbonyl (C=O) groups excluding carboxylic acids is 2. The molecule has 2 aromatic carbocycles. The Kier molecular flexibility index (Phi) is 9.92. The van der Waals surface area contributed by atoms with Crippen molar-refractivity contribution < 1.29 is 23.1 Å². The van der Waals surface area contributed by atoms with Crippen LogP contribution in [-0.4, -0.2) is 90.4 Å². The molecule has 2 aromatic rings. The van der Waals surface area contributed by atoms with Crippen LogP contribution < -0.4 is 4.74 Å². The number of halogens is 4. The van der Waals surface area contributed by atoms with Gasteiger partial charge in [-0.25, -0.2) is 8.78 Å². The summed E-state index contributed by atoms with van der Waals surface area (Å²) in [5.74, 6) is -1.83. The van der Waals surface area contributed by atoms with Gasteiger partial charge in [-0.2, -0.15) is 11.8 Å². The summed E-state index contributed by atoms with van der Waals surface area (Å²) < 4.78 is 33.3. The van der Waals surface area contributed by atoms with E-state index < -0.39 is 29.3 Å². The van der Waals surface area contributed by atoms with Crippen molar-refractivity contribution in [3.8, 4) is 5.75 Å². The lowest BCUT2D eigenvalue weighted by Gasteiger charge is -2.47. The summed E-state index contributed by atoms with van der Waals surface area (Å²) in [6.07, 6.45) is 0.743. The van der Waals surface area contributed by atoms with Crippen LogP contribution in [0.5, 0.6) is 5.75 Å². The maximum atomic E-state index is 14.4. The molecule has 2 aliphatic rings. The normalized spacial score (nSPS) is 17.6. The summed E-state index contributed by atoms with van der Waals surface area (Å²) in [7, 11) is 1.56. The van der Waals surface area contributed by atoms with Gasteiger partial charge in [0.05, 0.1) is 15.6 Å². The number of likely N-dealkylation sites (N-methyl/N-ethyl adjacent to an activating group) is 1. The third kappa shape index (κ3) is 7.18. The van der Waals surface area contributed by atoms with E-state index >= 15 is 0 Å². The van der Waals surface area contributed by atoms with Crippen molar-refractivity contribution >= 4 is 46.8 Å². The van der Waals surface area contributed by atoms with E-state index in [1.165, 1.54) is 16.4 Å². The summed E-state index contributed by atoms with van der Waals surface area (Å²) >= 11 is 14.4. The molecule has 38 heavy (non-hydrogen) atoms. The fourth-order valence-corrected chi connectivity index (χ4v) is 6.19. The number of nitrogens with zero attached hydrogens (tertiary/aromatic N) is 3. The van der Waals surface area contributed by atoms with E-state index in [4.69, 9.17) is 27.9 Å². The van der Waals surface area contributed by atoms with Crippen molar-refractivity contribution in [3.05, 3.63) is 63.1 Å². The summed E-state index contributed by atoms with van der Waals surface area (Å²) in [5.41, 5.74) is 0.563. The quantitative estimate of drug-likeness (QED) is 0.299. The molecule has 0 N–H and O–H groups in total. The zero-order valence-electron chi connectivity index (χ0n) is 21.4. The highest BCUT2D eigenvalue weighted by Crippen LogP contribution is 2.31. The van der Waals surface area contributed by atoms with Gasteiger partial charge in [0, 0.05) is 76.2 Å². The molecule has 2 fully saturated rings. The highest BCUT2D eigenvalue weighted by atomic mass is 35.5. The van der Waals surface area contributed by atoms with E-state index in [-0.39, 0.29) is 18.0 Å². The van der Waals surface area contributed by atoms with Crippen LogP contribution in [0.15, 0.2) is 30.3 Å². The summed E-state index contributed by atoms with van der Waals surface area (Å²) in [4.78, 5) is 31.1. The summed E-state index contributed by atoms with van der Waals surface area (Å²) in [6.45, 7) is 6.49. The smallest absolute Gasteiger partial charge is 0.308 e. The maximum Gasteiger partial charge on any atom is 0.308 e. The Morgan fingerprint density at radius 2 is 1.84 bits per heavy atom. The molecule has 1 amide bonds. The molecule has 0 spiro atoms. The molecule has 2 saturated heterocycles. The largest absolute Gasteiger partial charge is 0.423 e. The van der Waals surface area contributed by atoms with Gasteiger partial charge in [0.2, 0.25) is 0 Å². The monoisotopic (exact) mass is 585 g/mol. The van der Waals surface area contributed by atoms with Crippen LogP contribution in [0.2, 0.25) is 10.0 Å². The third-order valence-corrected chi connectivity index (χ3v) is 8.72. The average Bonchev–Trinajstić information content (AvgIpc) is 2.85. The van der Waals surface area contributed by atoms with Crippen LogP contribution in [0, 0.1) is 11.6 Å². The SMILES string of the molecule is CC(=O)Oc1c(F)cc(F)cc1C(=O)N(C)C[C@@H](CCN1CC(N2CCSCC2)C1)c1ccc(Cl)c(Cl)c1. The Balaban J connectivity index is 1.47. The van der Waals surface area contributed by atoms with E-state index in [1.54, 1.807) is 19.2 Å². The number of carbonyl (C=O) groups is 2. The first kappa shape index (κ1) is 29.1. The van der Waals surface area contributed by atoms with Crippen LogP contribution in [0.1, 0.15) is 35.2 Å². The number of hydrogen-bond donors (Lipinski definition) is 0. The number of ether oxygens (including phenoxy) is 1. The third-order valence-electron chi connectivity index (χ3n) is 7.03. The van der Waals surface area contributed by atoms with Gasteiger partial charge in [0.25, 0.3) is 5.91 Å². The van der Waals surface area contributed by atoms with Crippen LogP contribution in [0.3, 0.4) is 0 Å². The number of likely N-dealkylation sites (tertiary alicyclic amines) is 1. The second-order valence-corrected chi connectivity index (χ2v) is 11.8. The standard InChI is InChI=1S/C27H31Cl2F2N3O3S/c1-17(35)37-26-22(12-20(30)13-25(26)31)27(36)32(2)14-19(18-3-4-23(28)24(29)11-18)5-6-33-15-21(16-33)34-7-9-38-10-8-34/h3-4,11-13,19,21H,5-10,14-16H2,1-2H3/t19-/m1/s1. The lowest BCUT2D eigenvalue weighted by Crippen LogP contribution is -2.61. The molecule has 0 aromatic heterocycles. The van der Waals surface area contributed by atoms with Crippen molar-refractivity contribution in [1.82, 2.24) is 14.7 Å². The van der Waals surface area contributed by atoms with E-state index in [9.17, 15) is 18.4 Å². The van der Waals surface area contributed by atoms with Crippen LogP contribution in [0.25, 0.3) is 0 Å². The minimum Gasteiger partial charge on any atom is -0.423 e. The number of benzene rings is 2. The minimum absolute atomic E-state index is 0.111. The maximum absolute atomic E-state index is 14.4. The van der Waals surface area contributed by atoms with E-state index in [1.807, 2.05) is 17.8 Å². The van der Waals surface area contributed by atoms with Crippen molar-refractivity contribution in [3.63, 3.8) is 0 Å². The number of rotatable bonds is 9. The summed E-state index contributed by atoms with van der Waals surface area (Å²) in [6, 6.07) is 7.45. The molecule has 2 aliphatic heterocycles. The van der Waals surface area contributed by atoms with E-state index in [0.29, 0.717) is 22.2 Å². The molecule has 206 valence electrons. The van der Waals surface area contributed by atoms with Crippen molar-refractivity contribution in [2.75, 3.05) is 57.8 Å². The predicted octanol–water partition coefficient (Wildman–Crippen LogP) is 5.18. The first-order valence-corrected chi connectivity index (χ1v) is 14.5. The van der Waals surface area contributed by atoms with Gasteiger partial charge >= 0.3 is 5.97 Å². The molecule has 1 atom stereocenters. The Hall–Kier alpha value is -1.91. The van der Waals surface area contributed by atoms with Crippen LogP contribution >= 0.6 is 35.0 Å². The van der Waals surface area contributed by atoms with E-state index in [0.717, 1.165) is 57.7 Å². The number of thioether (sulfide) groups is 1. The first-order chi connectivity index (χ1) is 18.1. The fourth-order valence-electron chi connectivity index (χ4n) is 4.95. The molecule has 0 radical (unpaired) electrons. The Labute approximate surface area is 236 Å². The average molecular weight is 587 g/mol. The molecule has 0 bridgehead atoms. The number of esters is 1. The van der Waals surface area contributed by atoms with Gasteiger partial charge in [0.1, 0.15) is 5.82 Å². The van der Waals surface area contributed by atoms with Crippen LogP contribution in [0.4, 0.5) is 8.78 Å². The van der Waals surface area contributed by atoms with Gasteiger partial charge in [-0.15, -0.1) is 0 Å². The van der Waals surface area contributed by atoms with Gasteiger partial charge < -0.3 is 14.5 Å². The Morgan fingerprint density at radius 3 is 2.50 bits per heavy atom. The zero-order valence-corrected chi connectivity index (χ0v) is 23.7. The molecule has 0 unspecified atom stereocenters. The lowest BCUT2D eigenvalue weighted by molar-refractivity contribution is -0.132. The second kappa shape index (κ2) is 13.0. The van der Waals surface area contributed by atoms with Crippen LogP contribution in [-0.2, 0) is 4.79 Å². The molecular formula is C27H31Cl2F2N3O3S. The number of amides is 1. The van der Waals surface area contributed by atoms with Crippen molar-refractivity contribution in [2.24, 2.45) is 0 Å². The Morgan fingerprint density at radius 1 is 1.13 bits per heavy atom. The minimum atomic E-state index is -1.11. The van der Waals surface area contributed by atoms with E-state index in [2.05, 4.69) is 9.80 Å².